The van der Waals surface area contributed by atoms with Crippen molar-refractivity contribution in [2.75, 3.05) is 20.2 Å². The van der Waals surface area contributed by atoms with Gasteiger partial charge in [-0.05, 0) is 13.5 Å². The van der Waals surface area contributed by atoms with Gasteiger partial charge in [0.1, 0.15) is 0 Å². The highest BCUT2D eigenvalue weighted by molar-refractivity contribution is 4.58. The van der Waals surface area contributed by atoms with Gasteiger partial charge < -0.3 is 4.74 Å². The third-order valence-corrected chi connectivity index (χ3v) is 1.03. The van der Waals surface area contributed by atoms with E-state index in [0.717, 1.165) is 19.6 Å². The molecule has 2 nitrogen and oxygen atoms in total. The van der Waals surface area contributed by atoms with Gasteiger partial charge in [0.2, 0.25) is 0 Å². The molecule has 1 rings (SSSR count). The van der Waals surface area contributed by atoms with Crippen molar-refractivity contribution in [1.29, 1.82) is 0 Å². The second-order valence-electron chi connectivity index (χ2n) is 1.81. The Bertz CT molecular complexity index is 50.0. The Morgan fingerprint density at radius 2 is 2.57 bits per heavy atom. The Morgan fingerprint density at radius 1 is 1.71 bits per heavy atom. The van der Waals surface area contributed by atoms with Gasteiger partial charge in [-0.25, -0.2) is 0 Å². The van der Waals surface area contributed by atoms with Crippen molar-refractivity contribution in [3.63, 3.8) is 0 Å². The van der Waals surface area contributed by atoms with Crippen LogP contribution in [0.25, 0.3) is 0 Å². The molecule has 0 N–H and O–H groups in total. The van der Waals surface area contributed by atoms with Crippen LogP contribution in [0.3, 0.4) is 0 Å². The van der Waals surface area contributed by atoms with E-state index in [0.29, 0.717) is 0 Å². The molecule has 1 radical (unpaired) electrons. The van der Waals surface area contributed by atoms with Crippen LogP contribution in [-0.2, 0) is 4.74 Å². The fraction of sp³-hybridized carbons (Fsp3) is 0.800. The first-order valence-electron chi connectivity index (χ1n) is 2.55. The lowest BCUT2D eigenvalue weighted by Crippen LogP contribution is -2.24. The molecule has 0 aromatic carbocycles. The molecule has 2 heteroatoms. The molecule has 0 atom stereocenters. The van der Waals surface area contributed by atoms with E-state index in [9.17, 15) is 0 Å². The van der Waals surface area contributed by atoms with Crippen molar-refractivity contribution in [2.45, 2.75) is 6.42 Å². The standard InChI is InChI=1S/C5H10NO/c1-6-3-2-4-7-5-6/h5H,2-4H2,1H3. The molecule has 41 valence electrons. The topological polar surface area (TPSA) is 12.5 Å². The van der Waals surface area contributed by atoms with Crippen LogP contribution in [0.2, 0.25) is 0 Å². The predicted octanol–water partition coefficient (Wildman–Crippen LogP) is 0.458. The van der Waals surface area contributed by atoms with E-state index in [1.54, 1.807) is 6.73 Å². The Hall–Kier alpha value is -0.0800. The highest BCUT2D eigenvalue weighted by Gasteiger charge is 2.03. The monoisotopic (exact) mass is 100 g/mol. The van der Waals surface area contributed by atoms with Gasteiger partial charge in [-0.2, -0.15) is 0 Å². The van der Waals surface area contributed by atoms with Gasteiger partial charge in [-0.1, -0.05) is 0 Å². The van der Waals surface area contributed by atoms with E-state index in [-0.39, 0.29) is 0 Å². The summed E-state index contributed by atoms with van der Waals surface area (Å²) in [7, 11) is 2.01. The number of ether oxygens (including phenoxy) is 1. The maximum Gasteiger partial charge on any atom is 0.150 e. The van der Waals surface area contributed by atoms with Crippen molar-refractivity contribution in [3.05, 3.63) is 6.73 Å². The zero-order valence-electron chi connectivity index (χ0n) is 4.55. The second kappa shape index (κ2) is 2.28. The maximum absolute atomic E-state index is 4.98. The third-order valence-electron chi connectivity index (χ3n) is 1.03. The minimum atomic E-state index is 0.893. The van der Waals surface area contributed by atoms with Gasteiger partial charge in [0.05, 0.1) is 6.61 Å². The fourth-order valence-electron chi connectivity index (χ4n) is 0.630. The molecule has 1 fully saturated rings. The Morgan fingerprint density at radius 3 is 2.86 bits per heavy atom. The number of hydrogen-bond donors (Lipinski definition) is 0. The number of rotatable bonds is 0. The summed E-state index contributed by atoms with van der Waals surface area (Å²) in [6.07, 6.45) is 1.16. The van der Waals surface area contributed by atoms with Crippen LogP contribution in [0.15, 0.2) is 0 Å². The summed E-state index contributed by atoms with van der Waals surface area (Å²) in [4.78, 5) is 2.05. The third kappa shape index (κ3) is 1.45. The van der Waals surface area contributed by atoms with Crippen LogP contribution in [0.5, 0.6) is 0 Å². The molecule has 0 spiro atoms. The van der Waals surface area contributed by atoms with Gasteiger partial charge in [-0.3, -0.25) is 4.90 Å². The lowest BCUT2D eigenvalue weighted by molar-refractivity contribution is 0.0675. The molecule has 0 unspecified atom stereocenters. The van der Waals surface area contributed by atoms with E-state index >= 15 is 0 Å². The molecule has 0 amide bonds. The minimum Gasteiger partial charge on any atom is -0.359 e. The quantitative estimate of drug-likeness (QED) is 0.438. The molecule has 0 aromatic rings. The van der Waals surface area contributed by atoms with E-state index in [4.69, 9.17) is 4.74 Å². The van der Waals surface area contributed by atoms with Gasteiger partial charge in [0.25, 0.3) is 0 Å². The first-order chi connectivity index (χ1) is 3.39. The van der Waals surface area contributed by atoms with Crippen LogP contribution in [0, 0.1) is 6.73 Å². The second-order valence-corrected chi connectivity index (χ2v) is 1.81. The van der Waals surface area contributed by atoms with Gasteiger partial charge in [0, 0.05) is 6.54 Å². The minimum absolute atomic E-state index is 0.893. The lowest BCUT2D eigenvalue weighted by Gasteiger charge is -2.20. The van der Waals surface area contributed by atoms with Crippen molar-refractivity contribution in [2.24, 2.45) is 0 Å². The summed E-state index contributed by atoms with van der Waals surface area (Å²) in [5, 5.41) is 0. The number of hydrogen-bond acceptors (Lipinski definition) is 2. The van der Waals surface area contributed by atoms with E-state index in [1.165, 1.54) is 0 Å². The molecular weight excluding hydrogens is 90.1 g/mol. The van der Waals surface area contributed by atoms with E-state index in [2.05, 4.69) is 0 Å². The fourth-order valence-corrected chi connectivity index (χ4v) is 0.630. The molecule has 0 bridgehead atoms. The van der Waals surface area contributed by atoms with Crippen LogP contribution < -0.4 is 0 Å². The first-order valence-corrected chi connectivity index (χ1v) is 2.55. The summed E-state index contributed by atoms with van der Waals surface area (Å²) >= 11 is 0. The Labute approximate surface area is 44.1 Å². The normalized spacial score (nSPS) is 25.3. The largest absolute Gasteiger partial charge is 0.359 e. The summed E-state index contributed by atoms with van der Waals surface area (Å²) < 4.78 is 4.98. The average molecular weight is 100 g/mol. The van der Waals surface area contributed by atoms with Crippen LogP contribution in [-0.4, -0.2) is 25.1 Å². The SMILES string of the molecule is CN1[CH]OCCC1. The molecule has 0 aromatic heterocycles. The van der Waals surface area contributed by atoms with Gasteiger partial charge >= 0.3 is 0 Å². The molecule has 1 aliphatic heterocycles. The molecule has 1 saturated heterocycles. The van der Waals surface area contributed by atoms with Crippen LogP contribution >= 0.6 is 0 Å². The summed E-state index contributed by atoms with van der Waals surface area (Å²) in [6, 6.07) is 0. The molecule has 0 saturated carbocycles. The van der Waals surface area contributed by atoms with Crippen LogP contribution in [0.1, 0.15) is 6.42 Å². The highest BCUT2D eigenvalue weighted by atomic mass is 16.5. The number of nitrogens with zero attached hydrogens (tertiary/aromatic N) is 1. The van der Waals surface area contributed by atoms with Gasteiger partial charge in [0.15, 0.2) is 6.73 Å². The van der Waals surface area contributed by atoms with E-state index in [1.807, 2.05) is 11.9 Å². The highest BCUT2D eigenvalue weighted by Crippen LogP contribution is 1.99. The lowest BCUT2D eigenvalue weighted by atomic mass is 10.4. The zero-order chi connectivity index (χ0) is 5.11. The van der Waals surface area contributed by atoms with Crippen molar-refractivity contribution < 1.29 is 4.74 Å². The smallest absolute Gasteiger partial charge is 0.150 e. The van der Waals surface area contributed by atoms with Gasteiger partial charge in [-0.15, -0.1) is 0 Å². The predicted molar refractivity (Wildman–Crippen MR) is 27.5 cm³/mol. The van der Waals surface area contributed by atoms with Crippen LogP contribution in [0.4, 0.5) is 0 Å². The summed E-state index contributed by atoms with van der Waals surface area (Å²) in [6.45, 7) is 3.80. The van der Waals surface area contributed by atoms with Crippen molar-refractivity contribution in [1.82, 2.24) is 4.90 Å². The zero-order valence-corrected chi connectivity index (χ0v) is 4.55. The summed E-state index contributed by atoms with van der Waals surface area (Å²) in [5.74, 6) is 0. The molecule has 1 aliphatic rings. The molecule has 7 heavy (non-hydrogen) atoms. The van der Waals surface area contributed by atoms with Crippen molar-refractivity contribution in [3.8, 4) is 0 Å². The average Bonchev–Trinajstić information content (AvgIpc) is 1.69. The Kier molecular flexibility index (Phi) is 1.65. The molecule has 1 heterocycles. The van der Waals surface area contributed by atoms with Crippen molar-refractivity contribution >= 4 is 0 Å². The first kappa shape index (κ1) is 5.06. The van der Waals surface area contributed by atoms with E-state index < -0.39 is 0 Å². The maximum atomic E-state index is 4.98. The molecule has 0 aliphatic carbocycles. The Balaban J connectivity index is 2.12. The summed E-state index contributed by atoms with van der Waals surface area (Å²) in [5.41, 5.74) is 0. The molecular formula is C5H10NO.